The summed E-state index contributed by atoms with van der Waals surface area (Å²) in [5.74, 6) is -1.16. The zero-order valence-electron chi connectivity index (χ0n) is 13.0. The number of hydrogen-bond donors (Lipinski definition) is 3. The number of hydrogen-bond acceptors (Lipinski definition) is 3. The standard InChI is InChI=1S/C18H20N2O3/c1-18(17(22)20-23,12-14-8-4-2-5-9-14)16(21)19-13-15-10-6-3-7-11-15/h2-11,23H,12-13H2,1H3,(H,19,21)(H,20,22)/t18-/m0/s1. The molecule has 0 aromatic heterocycles. The second-order valence-corrected chi connectivity index (χ2v) is 5.60. The van der Waals surface area contributed by atoms with Crippen LogP contribution in [-0.4, -0.2) is 17.0 Å². The van der Waals surface area contributed by atoms with E-state index in [2.05, 4.69) is 5.32 Å². The minimum atomic E-state index is -1.40. The first-order chi connectivity index (χ1) is 11.1. The highest BCUT2D eigenvalue weighted by atomic mass is 16.5. The van der Waals surface area contributed by atoms with Gasteiger partial charge in [0.05, 0.1) is 0 Å². The van der Waals surface area contributed by atoms with E-state index in [1.54, 1.807) is 5.48 Å². The van der Waals surface area contributed by atoms with Gasteiger partial charge in [-0.15, -0.1) is 0 Å². The van der Waals surface area contributed by atoms with Crippen molar-refractivity contribution in [3.63, 3.8) is 0 Å². The Labute approximate surface area is 135 Å². The third kappa shape index (κ3) is 4.17. The lowest BCUT2D eigenvalue weighted by Gasteiger charge is -2.26. The summed E-state index contributed by atoms with van der Waals surface area (Å²) in [4.78, 5) is 24.6. The largest absolute Gasteiger partial charge is 0.351 e. The molecule has 0 aliphatic rings. The number of carbonyl (C=O) groups excluding carboxylic acids is 2. The molecule has 2 aromatic carbocycles. The maximum absolute atomic E-state index is 12.6. The van der Waals surface area contributed by atoms with Crippen LogP contribution in [0.15, 0.2) is 60.7 Å². The van der Waals surface area contributed by atoms with Crippen LogP contribution in [0, 0.1) is 5.41 Å². The van der Waals surface area contributed by atoms with Gasteiger partial charge >= 0.3 is 0 Å². The summed E-state index contributed by atoms with van der Waals surface area (Å²) >= 11 is 0. The SMILES string of the molecule is C[C@@](Cc1ccccc1)(C(=O)NO)C(=O)NCc1ccccc1. The van der Waals surface area contributed by atoms with Gasteiger partial charge in [-0.05, 0) is 24.5 Å². The summed E-state index contributed by atoms with van der Waals surface area (Å²) in [5, 5.41) is 11.8. The Morgan fingerprint density at radius 3 is 1.96 bits per heavy atom. The Balaban J connectivity index is 2.13. The van der Waals surface area contributed by atoms with Crippen LogP contribution < -0.4 is 10.8 Å². The third-order valence-corrected chi connectivity index (χ3v) is 3.80. The fraction of sp³-hybridized carbons (Fsp3) is 0.222. The highest BCUT2D eigenvalue weighted by Gasteiger charge is 2.41. The molecule has 2 rings (SSSR count). The van der Waals surface area contributed by atoms with Gasteiger partial charge in [0.25, 0.3) is 5.91 Å². The van der Waals surface area contributed by atoms with Crippen molar-refractivity contribution in [2.24, 2.45) is 5.41 Å². The second-order valence-electron chi connectivity index (χ2n) is 5.60. The lowest BCUT2D eigenvalue weighted by molar-refractivity contribution is -0.148. The molecule has 0 unspecified atom stereocenters. The molecular weight excluding hydrogens is 292 g/mol. The number of amides is 2. The zero-order valence-corrected chi connectivity index (χ0v) is 13.0. The Hall–Kier alpha value is -2.66. The van der Waals surface area contributed by atoms with Crippen LogP contribution in [0.1, 0.15) is 18.1 Å². The van der Waals surface area contributed by atoms with Crippen LogP contribution in [0.5, 0.6) is 0 Å². The Morgan fingerprint density at radius 2 is 1.43 bits per heavy atom. The van der Waals surface area contributed by atoms with Crippen LogP contribution in [-0.2, 0) is 22.6 Å². The second kappa shape index (κ2) is 7.56. The molecule has 5 heteroatoms. The van der Waals surface area contributed by atoms with E-state index in [0.717, 1.165) is 11.1 Å². The first-order valence-electron chi connectivity index (χ1n) is 7.37. The molecule has 0 aliphatic carbocycles. The highest BCUT2D eigenvalue weighted by Crippen LogP contribution is 2.23. The van der Waals surface area contributed by atoms with Crippen molar-refractivity contribution in [2.45, 2.75) is 19.9 Å². The Kier molecular flexibility index (Phi) is 5.49. The molecular formula is C18H20N2O3. The van der Waals surface area contributed by atoms with Gasteiger partial charge in [0.2, 0.25) is 5.91 Å². The molecule has 5 nitrogen and oxygen atoms in total. The van der Waals surface area contributed by atoms with Crippen LogP contribution >= 0.6 is 0 Å². The van der Waals surface area contributed by atoms with Gasteiger partial charge in [0, 0.05) is 6.54 Å². The molecule has 0 aliphatic heterocycles. The Morgan fingerprint density at radius 1 is 0.913 bits per heavy atom. The number of carbonyl (C=O) groups is 2. The maximum atomic E-state index is 12.6. The third-order valence-electron chi connectivity index (χ3n) is 3.80. The van der Waals surface area contributed by atoms with E-state index in [-0.39, 0.29) is 6.42 Å². The van der Waals surface area contributed by atoms with Crippen LogP contribution in [0.4, 0.5) is 0 Å². The van der Waals surface area contributed by atoms with E-state index < -0.39 is 17.2 Å². The predicted octanol–water partition coefficient (Wildman–Crippen LogP) is 2.06. The summed E-state index contributed by atoms with van der Waals surface area (Å²) in [6, 6.07) is 18.7. The van der Waals surface area contributed by atoms with Crippen molar-refractivity contribution < 1.29 is 14.8 Å². The lowest BCUT2D eigenvalue weighted by atomic mass is 9.81. The summed E-state index contributed by atoms with van der Waals surface area (Å²) in [5.41, 5.74) is 1.99. The van der Waals surface area contributed by atoms with Gasteiger partial charge in [0.1, 0.15) is 5.41 Å². The molecule has 3 N–H and O–H groups in total. The zero-order chi connectivity index (χ0) is 16.7. The lowest BCUT2D eigenvalue weighted by Crippen LogP contribution is -2.50. The van der Waals surface area contributed by atoms with Crippen molar-refractivity contribution in [3.05, 3.63) is 71.8 Å². The summed E-state index contributed by atoms with van der Waals surface area (Å²) in [7, 11) is 0. The quantitative estimate of drug-likeness (QED) is 0.434. The highest BCUT2D eigenvalue weighted by molar-refractivity contribution is 6.04. The van der Waals surface area contributed by atoms with Gasteiger partial charge in [-0.25, -0.2) is 5.48 Å². The minimum absolute atomic E-state index is 0.195. The number of benzene rings is 2. The summed E-state index contributed by atoms with van der Waals surface area (Å²) in [6.45, 7) is 1.84. The molecule has 0 fully saturated rings. The first kappa shape index (κ1) is 16.7. The molecule has 120 valence electrons. The predicted molar refractivity (Wildman–Crippen MR) is 86.5 cm³/mol. The summed E-state index contributed by atoms with van der Waals surface area (Å²) < 4.78 is 0. The van der Waals surface area contributed by atoms with E-state index in [0.29, 0.717) is 6.54 Å². The van der Waals surface area contributed by atoms with E-state index in [1.165, 1.54) is 6.92 Å². The van der Waals surface area contributed by atoms with Crippen molar-refractivity contribution in [3.8, 4) is 0 Å². The van der Waals surface area contributed by atoms with Crippen molar-refractivity contribution in [2.75, 3.05) is 0 Å². The average Bonchev–Trinajstić information content (AvgIpc) is 2.60. The van der Waals surface area contributed by atoms with E-state index in [1.807, 2.05) is 60.7 Å². The molecule has 0 radical (unpaired) electrons. The molecule has 2 aromatic rings. The van der Waals surface area contributed by atoms with Crippen molar-refractivity contribution in [1.82, 2.24) is 10.8 Å². The van der Waals surface area contributed by atoms with Gasteiger partial charge in [-0.1, -0.05) is 60.7 Å². The van der Waals surface area contributed by atoms with E-state index in [4.69, 9.17) is 5.21 Å². The van der Waals surface area contributed by atoms with Gasteiger partial charge in [0.15, 0.2) is 0 Å². The molecule has 2 amide bonds. The normalized spacial score (nSPS) is 13.0. The topological polar surface area (TPSA) is 78.4 Å². The van der Waals surface area contributed by atoms with E-state index in [9.17, 15) is 9.59 Å². The van der Waals surface area contributed by atoms with Crippen molar-refractivity contribution in [1.29, 1.82) is 0 Å². The Bertz CT molecular complexity index is 658. The molecule has 0 heterocycles. The molecule has 0 bridgehead atoms. The van der Waals surface area contributed by atoms with Gasteiger partial charge in [-0.2, -0.15) is 0 Å². The molecule has 23 heavy (non-hydrogen) atoms. The smallest absolute Gasteiger partial charge is 0.259 e. The summed E-state index contributed by atoms with van der Waals surface area (Å²) in [6.07, 6.45) is 0.195. The van der Waals surface area contributed by atoms with E-state index >= 15 is 0 Å². The fourth-order valence-corrected chi connectivity index (χ4v) is 2.36. The average molecular weight is 312 g/mol. The van der Waals surface area contributed by atoms with Gasteiger partial charge in [-0.3, -0.25) is 14.8 Å². The monoisotopic (exact) mass is 312 g/mol. The number of rotatable bonds is 6. The maximum Gasteiger partial charge on any atom is 0.259 e. The number of hydroxylamine groups is 1. The molecule has 1 atom stereocenters. The van der Waals surface area contributed by atoms with Crippen LogP contribution in [0.3, 0.4) is 0 Å². The van der Waals surface area contributed by atoms with Crippen molar-refractivity contribution >= 4 is 11.8 Å². The van der Waals surface area contributed by atoms with Crippen LogP contribution in [0.25, 0.3) is 0 Å². The fourth-order valence-electron chi connectivity index (χ4n) is 2.36. The molecule has 0 spiro atoms. The minimum Gasteiger partial charge on any atom is -0.351 e. The van der Waals surface area contributed by atoms with Gasteiger partial charge < -0.3 is 5.32 Å². The number of nitrogens with one attached hydrogen (secondary N) is 2. The molecule has 0 saturated heterocycles. The first-order valence-corrected chi connectivity index (χ1v) is 7.37. The molecule has 0 saturated carbocycles. The van der Waals surface area contributed by atoms with Crippen LogP contribution in [0.2, 0.25) is 0 Å².